The Labute approximate surface area is 173 Å². The minimum absolute atomic E-state index is 0.432. The number of methoxy groups -OCH3 is 2. The molecule has 0 bridgehead atoms. The molecular weight excluding hydrogens is 382 g/mol. The van der Waals surface area contributed by atoms with Crippen molar-refractivity contribution in [3.8, 4) is 22.6 Å². The van der Waals surface area contributed by atoms with E-state index < -0.39 is 5.91 Å². The number of nitrogens with two attached hydrogens (primary N) is 1. The molecule has 2 aromatic heterocycles. The second-order valence-corrected chi connectivity index (χ2v) is 6.74. The van der Waals surface area contributed by atoms with E-state index in [0.717, 1.165) is 22.4 Å². The number of rotatable bonds is 6. The molecular formula is C22H21N5O3. The maximum Gasteiger partial charge on any atom is 0.248 e. The molecule has 0 saturated carbocycles. The van der Waals surface area contributed by atoms with Gasteiger partial charge in [-0.15, -0.1) is 0 Å². The lowest BCUT2D eigenvalue weighted by Gasteiger charge is -2.14. The van der Waals surface area contributed by atoms with Crippen molar-refractivity contribution in [2.45, 2.75) is 6.92 Å². The number of ether oxygens (including phenoxy) is 2. The molecule has 30 heavy (non-hydrogen) atoms. The number of aryl methyl sites for hydroxylation is 1. The van der Waals surface area contributed by atoms with Crippen LogP contribution in [0.2, 0.25) is 0 Å². The van der Waals surface area contributed by atoms with Crippen molar-refractivity contribution in [1.82, 2.24) is 14.6 Å². The summed E-state index contributed by atoms with van der Waals surface area (Å²) in [7, 11) is 3.21. The maximum absolute atomic E-state index is 11.5. The third-order valence-corrected chi connectivity index (χ3v) is 4.76. The van der Waals surface area contributed by atoms with E-state index in [2.05, 4.69) is 10.4 Å². The molecule has 2 heterocycles. The minimum atomic E-state index is -0.479. The Bertz CT molecular complexity index is 1250. The Balaban J connectivity index is 1.73. The Hall–Kier alpha value is -4.07. The Morgan fingerprint density at radius 1 is 1.13 bits per heavy atom. The van der Waals surface area contributed by atoms with Crippen LogP contribution in [-0.4, -0.2) is 34.7 Å². The van der Waals surface area contributed by atoms with Gasteiger partial charge in [0.15, 0.2) is 17.1 Å². The lowest BCUT2D eigenvalue weighted by Crippen LogP contribution is -2.10. The molecule has 0 saturated heterocycles. The van der Waals surface area contributed by atoms with Crippen molar-refractivity contribution >= 4 is 23.1 Å². The van der Waals surface area contributed by atoms with Crippen LogP contribution >= 0.6 is 0 Å². The van der Waals surface area contributed by atoms with Crippen LogP contribution in [0.15, 0.2) is 54.9 Å². The van der Waals surface area contributed by atoms with Gasteiger partial charge >= 0.3 is 0 Å². The normalized spacial score (nSPS) is 10.8. The predicted molar refractivity (Wildman–Crippen MR) is 115 cm³/mol. The van der Waals surface area contributed by atoms with Gasteiger partial charge in [0.1, 0.15) is 5.82 Å². The van der Waals surface area contributed by atoms with E-state index in [1.54, 1.807) is 43.1 Å². The van der Waals surface area contributed by atoms with E-state index in [-0.39, 0.29) is 0 Å². The van der Waals surface area contributed by atoms with Gasteiger partial charge in [0.25, 0.3) is 0 Å². The predicted octanol–water partition coefficient (Wildman–Crippen LogP) is 3.56. The van der Waals surface area contributed by atoms with Crippen molar-refractivity contribution < 1.29 is 14.3 Å². The van der Waals surface area contributed by atoms with Gasteiger partial charge in [-0.25, -0.2) is 9.50 Å². The first-order valence-electron chi connectivity index (χ1n) is 9.24. The van der Waals surface area contributed by atoms with Crippen LogP contribution in [0, 0.1) is 6.92 Å². The molecule has 0 fully saturated rings. The van der Waals surface area contributed by atoms with E-state index in [1.807, 2.05) is 37.4 Å². The topological polar surface area (TPSA) is 104 Å². The van der Waals surface area contributed by atoms with E-state index in [0.29, 0.717) is 28.5 Å². The van der Waals surface area contributed by atoms with Crippen molar-refractivity contribution in [2.24, 2.45) is 5.73 Å². The molecule has 2 aromatic carbocycles. The SMILES string of the molecule is COc1cc(Nc2ccn3ncc(-c4cccc(C(N)=O)c4)c3n2)cc(C)c1OC. The number of aromatic nitrogens is 3. The number of carbonyl (C=O) groups excluding carboxylic acids is 1. The van der Waals surface area contributed by atoms with Crippen molar-refractivity contribution in [3.05, 3.63) is 66.0 Å². The largest absolute Gasteiger partial charge is 0.493 e. The van der Waals surface area contributed by atoms with Gasteiger partial charge in [0.2, 0.25) is 5.91 Å². The second kappa shape index (κ2) is 7.75. The third kappa shape index (κ3) is 3.50. The van der Waals surface area contributed by atoms with Crippen LogP contribution in [0.25, 0.3) is 16.8 Å². The second-order valence-electron chi connectivity index (χ2n) is 6.74. The first-order valence-corrected chi connectivity index (χ1v) is 9.24. The number of hydrogen-bond donors (Lipinski definition) is 2. The van der Waals surface area contributed by atoms with Crippen LogP contribution in [0.1, 0.15) is 15.9 Å². The van der Waals surface area contributed by atoms with Crippen LogP contribution in [0.3, 0.4) is 0 Å². The molecule has 0 radical (unpaired) electrons. The van der Waals surface area contributed by atoms with Gasteiger partial charge in [-0.05, 0) is 42.3 Å². The summed E-state index contributed by atoms with van der Waals surface area (Å²) >= 11 is 0. The van der Waals surface area contributed by atoms with Gasteiger partial charge in [0, 0.05) is 29.1 Å². The number of carbonyl (C=O) groups is 1. The quantitative estimate of drug-likeness (QED) is 0.510. The maximum atomic E-state index is 11.5. The van der Waals surface area contributed by atoms with Crippen LogP contribution in [-0.2, 0) is 0 Å². The third-order valence-electron chi connectivity index (χ3n) is 4.76. The zero-order valence-electron chi connectivity index (χ0n) is 16.8. The summed E-state index contributed by atoms with van der Waals surface area (Å²) in [6.45, 7) is 1.95. The summed E-state index contributed by atoms with van der Waals surface area (Å²) in [4.78, 5) is 16.2. The van der Waals surface area contributed by atoms with E-state index >= 15 is 0 Å². The van der Waals surface area contributed by atoms with Gasteiger partial charge in [0.05, 0.1) is 20.4 Å². The molecule has 4 aromatic rings. The molecule has 152 valence electrons. The minimum Gasteiger partial charge on any atom is -0.493 e. The Morgan fingerprint density at radius 2 is 1.97 bits per heavy atom. The number of nitrogens with one attached hydrogen (secondary N) is 1. The molecule has 0 atom stereocenters. The highest BCUT2D eigenvalue weighted by Crippen LogP contribution is 2.35. The summed E-state index contributed by atoms with van der Waals surface area (Å²) in [5, 5.41) is 7.65. The van der Waals surface area contributed by atoms with Gasteiger partial charge < -0.3 is 20.5 Å². The summed E-state index contributed by atoms with van der Waals surface area (Å²) in [5.41, 5.74) is 9.86. The number of amides is 1. The fourth-order valence-corrected chi connectivity index (χ4v) is 3.36. The van der Waals surface area contributed by atoms with Gasteiger partial charge in [-0.2, -0.15) is 5.10 Å². The number of benzene rings is 2. The molecule has 8 nitrogen and oxygen atoms in total. The van der Waals surface area contributed by atoms with Crippen LogP contribution < -0.4 is 20.5 Å². The summed E-state index contributed by atoms with van der Waals surface area (Å²) < 4.78 is 12.5. The number of fused-ring (bicyclic) bond motifs is 1. The van der Waals surface area contributed by atoms with E-state index in [9.17, 15) is 4.79 Å². The highest BCUT2D eigenvalue weighted by Gasteiger charge is 2.13. The molecule has 0 unspecified atom stereocenters. The van der Waals surface area contributed by atoms with E-state index in [4.69, 9.17) is 20.2 Å². The number of nitrogens with zero attached hydrogens (tertiary/aromatic N) is 3. The van der Waals surface area contributed by atoms with Crippen LogP contribution in [0.5, 0.6) is 11.5 Å². The van der Waals surface area contributed by atoms with Gasteiger partial charge in [-0.3, -0.25) is 4.79 Å². The number of hydrogen-bond acceptors (Lipinski definition) is 6. The summed E-state index contributed by atoms with van der Waals surface area (Å²) in [6.07, 6.45) is 3.53. The molecule has 3 N–H and O–H groups in total. The number of primary amides is 1. The Morgan fingerprint density at radius 3 is 2.70 bits per heavy atom. The van der Waals surface area contributed by atoms with Crippen molar-refractivity contribution in [3.63, 3.8) is 0 Å². The average Bonchev–Trinajstić information content (AvgIpc) is 3.16. The highest BCUT2D eigenvalue weighted by molar-refractivity contribution is 5.94. The molecule has 4 rings (SSSR count). The fourth-order valence-electron chi connectivity index (χ4n) is 3.36. The highest BCUT2D eigenvalue weighted by atomic mass is 16.5. The zero-order valence-corrected chi connectivity index (χ0v) is 16.8. The molecule has 0 aliphatic carbocycles. The lowest BCUT2D eigenvalue weighted by atomic mass is 10.1. The first-order chi connectivity index (χ1) is 14.5. The monoisotopic (exact) mass is 403 g/mol. The zero-order chi connectivity index (χ0) is 21.3. The molecule has 1 amide bonds. The average molecular weight is 403 g/mol. The summed E-state index contributed by atoms with van der Waals surface area (Å²) in [5.74, 6) is 1.49. The molecule has 0 aliphatic rings. The number of anilines is 2. The molecule has 0 aliphatic heterocycles. The molecule has 0 spiro atoms. The summed E-state index contributed by atoms with van der Waals surface area (Å²) in [6, 6.07) is 12.7. The molecule has 8 heteroatoms. The van der Waals surface area contributed by atoms with Gasteiger partial charge in [-0.1, -0.05) is 12.1 Å². The van der Waals surface area contributed by atoms with E-state index in [1.165, 1.54) is 0 Å². The Kier molecular flexibility index (Phi) is 4.97. The van der Waals surface area contributed by atoms with Crippen molar-refractivity contribution in [1.29, 1.82) is 0 Å². The first kappa shape index (κ1) is 19.3. The fraction of sp³-hybridized carbons (Fsp3) is 0.136. The smallest absolute Gasteiger partial charge is 0.248 e. The standard InChI is InChI=1S/C22H21N5O3/c1-13-9-16(11-18(29-2)20(13)30-3)25-19-7-8-27-22(26-19)17(12-24-27)14-5-4-6-15(10-14)21(23)28/h4-12H,1-3H3,(H2,23,28)(H,25,26). The van der Waals surface area contributed by atoms with Crippen molar-refractivity contribution in [2.75, 3.05) is 19.5 Å². The lowest BCUT2D eigenvalue weighted by molar-refractivity contribution is 0.100. The van der Waals surface area contributed by atoms with Crippen LogP contribution in [0.4, 0.5) is 11.5 Å².